The average molecular weight is 168 g/mol. The first-order chi connectivity index (χ1) is 5.50. The lowest BCUT2D eigenvalue weighted by molar-refractivity contribution is -0.127. The Morgan fingerprint density at radius 2 is 2.25 bits per heavy atom. The van der Waals surface area contributed by atoms with Crippen LogP contribution in [0.2, 0.25) is 0 Å². The minimum Gasteiger partial charge on any atom is -0.390 e. The number of ketones is 1. The molecule has 2 bridgehead atoms. The molecule has 2 aliphatic rings. The van der Waals surface area contributed by atoms with Gasteiger partial charge in [-0.05, 0) is 31.6 Å². The molecule has 0 heterocycles. The summed E-state index contributed by atoms with van der Waals surface area (Å²) >= 11 is 0. The lowest BCUT2D eigenvalue weighted by Crippen LogP contribution is -2.31. The molecule has 0 aromatic rings. The van der Waals surface area contributed by atoms with Gasteiger partial charge in [-0.2, -0.15) is 0 Å². The number of hydrogen-bond acceptors (Lipinski definition) is 2. The summed E-state index contributed by atoms with van der Waals surface area (Å²) in [5, 5.41) is 9.95. The van der Waals surface area contributed by atoms with Crippen LogP contribution in [0.4, 0.5) is 0 Å². The van der Waals surface area contributed by atoms with E-state index >= 15 is 0 Å². The molecular weight excluding hydrogens is 152 g/mol. The van der Waals surface area contributed by atoms with Crippen molar-refractivity contribution in [3.63, 3.8) is 0 Å². The monoisotopic (exact) mass is 168 g/mol. The van der Waals surface area contributed by atoms with Crippen molar-refractivity contribution >= 4 is 5.78 Å². The van der Waals surface area contributed by atoms with Crippen LogP contribution in [0.5, 0.6) is 0 Å². The second-order valence-electron chi connectivity index (χ2n) is 4.71. The van der Waals surface area contributed by atoms with Crippen LogP contribution in [-0.4, -0.2) is 16.5 Å². The molecule has 1 N–H and O–H groups in total. The zero-order chi connectivity index (χ0) is 8.93. The Labute approximate surface area is 73.0 Å². The highest BCUT2D eigenvalue weighted by atomic mass is 16.3. The highest BCUT2D eigenvalue weighted by Crippen LogP contribution is 2.49. The summed E-state index contributed by atoms with van der Waals surface area (Å²) in [6.07, 6.45) is 2.48. The predicted octanol–water partition coefficient (Wildman–Crippen LogP) is 1.37. The summed E-state index contributed by atoms with van der Waals surface area (Å²) in [5.74, 6) is 1.24. The SMILES string of the molecule is C[C@@H]1C(=O)C[C@H]2C[C@@H]1C[C@@]2(C)O. The van der Waals surface area contributed by atoms with Crippen molar-refractivity contribution in [1.82, 2.24) is 0 Å². The Kier molecular flexibility index (Phi) is 1.59. The summed E-state index contributed by atoms with van der Waals surface area (Å²) in [4.78, 5) is 11.4. The molecule has 0 aromatic carbocycles. The van der Waals surface area contributed by atoms with Gasteiger partial charge >= 0.3 is 0 Å². The van der Waals surface area contributed by atoms with Crippen molar-refractivity contribution in [3.8, 4) is 0 Å². The van der Waals surface area contributed by atoms with E-state index in [1.165, 1.54) is 0 Å². The molecule has 0 saturated heterocycles. The van der Waals surface area contributed by atoms with Crippen molar-refractivity contribution in [3.05, 3.63) is 0 Å². The number of aliphatic hydroxyl groups is 1. The van der Waals surface area contributed by atoms with Gasteiger partial charge in [0.25, 0.3) is 0 Å². The molecule has 0 unspecified atom stereocenters. The van der Waals surface area contributed by atoms with Gasteiger partial charge in [0.15, 0.2) is 0 Å². The van der Waals surface area contributed by atoms with Crippen molar-refractivity contribution in [2.24, 2.45) is 17.8 Å². The standard InChI is InChI=1S/C10H16O2/c1-6-7-3-8(4-9(6)11)10(2,12)5-7/h6-8,12H,3-5H2,1-2H3/t6-,7+,8+,10+/m0/s1. The van der Waals surface area contributed by atoms with E-state index in [-0.39, 0.29) is 11.8 Å². The highest BCUT2D eigenvalue weighted by Gasteiger charge is 2.49. The predicted molar refractivity (Wildman–Crippen MR) is 45.6 cm³/mol. The van der Waals surface area contributed by atoms with Crippen molar-refractivity contribution in [2.45, 2.75) is 38.7 Å². The minimum atomic E-state index is -0.564. The van der Waals surface area contributed by atoms with E-state index in [9.17, 15) is 9.90 Å². The van der Waals surface area contributed by atoms with E-state index in [1.807, 2.05) is 13.8 Å². The van der Waals surface area contributed by atoms with Crippen LogP contribution in [0.25, 0.3) is 0 Å². The third-order valence-electron chi connectivity index (χ3n) is 3.80. The van der Waals surface area contributed by atoms with Gasteiger partial charge in [-0.15, -0.1) is 0 Å². The molecule has 0 radical (unpaired) electrons. The van der Waals surface area contributed by atoms with E-state index < -0.39 is 5.60 Å². The Morgan fingerprint density at radius 3 is 2.92 bits per heavy atom. The summed E-state index contributed by atoms with van der Waals surface area (Å²) in [6, 6.07) is 0. The number of Topliss-reactive ketones (excluding diaryl/α,β-unsaturated/α-hetero) is 1. The first kappa shape index (κ1) is 8.24. The smallest absolute Gasteiger partial charge is 0.136 e. The molecule has 2 saturated carbocycles. The Bertz CT molecular complexity index is 220. The molecule has 4 atom stereocenters. The maximum absolute atomic E-state index is 11.4. The molecule has 68 valence electrons. The Hall–Kier alpha value is -0.370. The fourth-order valence-corrected chi connectivity index (χ4v) is 2.78. The molecule has 2 aliphatic carbocycles. The van der Waals surface area contributed by atoms with E-state index in [0.29, 0.717) is 18.1 Å². The van der Waals surface area contributed by atoms with Gasteiger partial charge in [-0.1, -0.05) is 6.92 Å². The van der Waals surface area contributed by atoms with E-state index in [2.05, 4.69) is 0 Å². The summed E-state index contributed by atoms with van der Waals surface area (Å²) in [7, 11) is 0. The number of hydrogen-bond donors (Lipinski definition) is 1. The quantitative estimate of drug-likeness (QED) is 0.593. The van der Waals surface area contributed by atoms with Crippen LogP contribution < -0.4 is 0 Å². The van der Waals surface area contributed by atoms with E-state index in [1.54, 1.807) is 0 Å². The largest absolute Gasteiger partial charge is 0.390 e. The molecule has 2 nitrogen and oxygen atoms in total. The molecule has 0 spiro atoms. The lowest BCUT2D eigenvalue weighted by atomic mass is 9.79. The average Bonchev–Trinajstić information content (AvgIpc) is 2.21. The number of carbonyl (C=O) groups is 1. The Balaban J connectivity index is 2.24. The zero-order valence-electron chi connectivity index (χ0n) is 7.71. The maximum Gasteiger partial charge on any atom is 0.136 e. The summed E-state index contributed by atoms with van der Waals surface area (Å²) in [5.41, 5.74) is -0.564. The van der Waals surface area contributed by atoms with Gasteiger partial charge in [0.1, 0.15) is 5.78 Å². The molecule has 0 amide bonds. The van der Waals surface area contributed by atoms with Crippen LogP contribution in [0.3, 0.4) is 0 Å². The third-order valence-corrected chi connectivity index (χ3v) is 3.80. The fourth-order valence-electron chi connectivity index (χ4n) is 2.78. The van der Waals surface area contributed by atoms with Crippen LogP contribution in [-0.2, 0) is 4.79 Å². The molecule has 2 rings (SSSR count). The second-order valence-corrected chi connectivity index (χ2v) is 4.71. The Morgan fingerprint density at radius 1 is 1.58 bits per heavy atom. The molecule has 0 aromatic heterocycles. The number of rotatable bonds is 0. The molecular formula is C10H16O2. The van der Waals surface area contributed by atoms with Gasteiger partial charge < -0.3 is 5.11 Å². The fraction of sp³-hybridized carbons (Fsp3) is 0.900. The maximum atomic E-state index is 11.4. The molecule has 2 heteroatoms. The first-order valence-electron chi connectivity index (χ1n) is 4.76. The zero-order valence-corrected chi connectivity index (χ0v) is 7.71. The van der Waals surface area contributed by atoms with Crippen LogP contribution in [0.1, 0.15) is 33.1 Å². The van der Waals surface area contributed by atoms with Gasteiger partial charge in [0.05, 0.1) is 5.60 Å². The van der Waals surface area contributed by atoms with Crippen molar-refractivity contribution in [1.29, 1.82) is 0 Å². The molecule has 2 fully saturated rings. The third kappa shape index (κ3) is 1.01. The lowest BCUT2D eigenvalue weighted by Gasteiger charge is -2.26. The van der Waals surface area contributed by atoms with Crippen LogP contribution in [0.15, 0.2) is 0 Å². The second kappa shape index (κ2) is 2.32. The minimum absolute atomic E-state index is 0.190. The topological polar surface area (TPSA) is 37.3 Å². The van der Waals surface area contributed by atoms with Gasteiger partial charge in [-0.25, -0.2) is 0 Å². The van der Waals surface area contributed by atoms with Gasteiger partial charge in [0, 0.05) is 12.3 Å². The number of fused-ring (bicyclic) bond motifs is 2. The van der Waals surface area contributed by atoms with Gasteiger partial charge in [0.2, 0.25) is 0 Å². The first-order valence-corrected chi connectivity index (χ1v) is 4.76. The summed E-state index contributed by atoms with van der Waals surface area (Å²) in [6.45, 7) is 3.88. The highest BCUT2D eigenvalue weighted by molar-refractivity contribution is 5.82. The van der Waals surface area contributed by atoms with Crippen LogP contribution >= 0.6 is 0 Å². The molecule has 12 heavy (non-hydrogen) atoms. The van der Waals surface area contributed by atoms with Crippen molar-refractivity contribution in [2.75, 3.05) is 0 Å². The normalized spacial score (nSPS) is 52.9. The molecule has 0 aliphatic heterocycles. The summed E-state index contributed by atoms with van der Waals surface area (Å²) < 4.78 is 0. The number of carbonyl (C=O) groups excluding carboxylic acids is 1. The van der Waals surface area contributed by atoms with E-state index in [4.69, 9.17) is 0 Å². The van der Waals surface area contributed by atoms with Gasteiger partial charge in [-0.3, -0.25) is 4.79 Å². The van der Waals surface area contributed by atoms with Crippen molar-refractivity contribution < 1.29 is 9.90 Å². The van der Waals surface area contributed by atoms with E-state index in [0.717, 1.165) is 12.8 Å². The van der Waals surface area contributed by atoms with Crippen LogP contribution in [0, 0.1) is 17.8 Å².